The summed E-state index contributed by atoms with van der Waals surface area (Å²) in [5.74, 6) is 2.03. The third-order valence-corrected chi connectivity index (χ3v) is 5.31. The lowest BCUT2D eigenvalue weighted by atomic mass is 9.97. The number of carbonyl (C=O) groups excluding carboxylic acids is 1. The SMILES string of the molecule is Cc1nc(Oc2ccc(C=O)cc2)c2c3c(sc2n1)CCCC3. The summed E-state index contributed by atoms with van der Waals surface area (Å²) in [6.45, 7) is 1.89. The smallest absolute Gasteiger partial charge is 0.231 e. The average molecular weight is 324 g/mol. The van der Waals surface area contributed by atoms with E-state index in [1.54, 1.807) is 35.6 Å². The van der Waals surface area contributed by atoms with Crippen molar-refractivity contribution < 1.29 is 9.53 Å². The molecule has 0 unspecified atom stereocenters. The number of benzene rings is 1. The van der Waals surface area contributed by atoms with E-state index in [2.05, 4.69) is 9.97 Å². The molecule has 5 heteroatoms. The number of hydrogen-bond donors (Lipinski definition) is 0. The standard InChI is InChI=1S/C18H16N2O2S/c1-11-19-17(22-13-8-6-12(10-21)7-9-13)16-14-4-2-3-5-15(14)23-18(16)20-11/h6-10H,2-5H2,1H3. The normalized spacial score (nSPS) is 13.8. The van der Waals surface area contributed by atoms with Crippen LogP contribution >= 0.6 is 11.3 Å². The Balaban J connectivity index is 1.81. The van der Waals surface area contributed by atoms with E-state index in [1.807, 2.05) is 6.92 Å². The van der Waals surface area contributed by atoms with Crippen LogP contribution in [0.15, 0.2) is 24.3 Å². The molecule has 23 heavy (non-hydrogen) atoms. The molecule has 1 aromatic carbocycles. The van der Waals surface area contributed by atoms with Crippen LogP contribution in [0.3, 0.4) is 0 Å². The van der Waals surface area contributed by atoms with E-state index in [4.69, 9.17) is 4.74 Å². The molecule has 0 aliphatic heterocycles. The molecule has 0 amide bonds. The summed E-state index contributed by atoms with van der Waals surface area (Å²) in [5, 5.41) is 1.06. The van der Waals surface area contributed by atoms with Crippen molar-refractivity contribution in [1.29, 1.82) is 0 Å². The summed E-state index contributed by atoms with van der Waals surface area (Å²) in [5.41, 5.74) is 1.99. The van der Waals surface area contributed by atoms with Crippen molar-refractivity contribution in [3.05, 3.63) is 46.1 Å². The van der Waals surface area contributed by atoms with Gasteiger partial charge in [0, 0.05) is 10.4 Å². The number of rotatable bonds is 3. The minimum absolute atomic E-state index is 0.630. The topological polar surface area (TPSA) is 52.1 Å². The van der Waals surface area contributed by atoms with Gasteiger partial charge < -0.3 is 4.74 Å². The Labute approximate surface area is 138 Å². The Morgan fingerprint density at radius 1 is 1.13 bits per heavy atom. The molecule has 3 aromatic rings. The van der Waals surface area contributed by atoms with Crippen LogP contribution < -0.4 is 4.74 Å². The monoisotopic (exact) mass is 324 g/mol. The minimum atomic E-state index is 0.630. The van der Waals surface area contributed by atoms with Crippen LogP contribution in [-0.4, -0.2) is 16.3 Å². The highest BCUT2D eigenvalue weighted by atomic mass is 32.1. The van der Waals surface area contributed by atoms with Crippen molar-refractivity contribution in [2.75, 3.05) is 0 Å². The maximum absolute atomic E-state index is 10.8. The van der Waals surface area contributed by atoms with E-state index < -0.39 is 0 Å². The highest BCUT2D eigenvalue weighted by Crippen LogP contribution is 2.40. The van der Waals surface area contributed by atoms with Crippen LogP contribution in [0.25, 0.3) is 10.2 Å². The van der Waals surface area contributed by atoms with Crippen LogP contribution in [0.5, 0.6) is 11.6 Å². The summed E-state index contributed by atoms with van der Waals surface area (Å²) < 4.78 is 6.04. The summed E-state index contributed by atoms with van der Waals surface area (Å²) >= 11 is 1.77. The largest absolute Gasteiger partial charge is 0.438 e. The van der Waals surface area contributed by atoms with Gasteiger partial charge >= 0.3 is 0 Å². The number of carbonyl (C=O) groups is 1. The van der Waals surface area contributed by atoms with Crippen molar-refractivity contribution in [3.63, 3.8) is 0 Å². The number of thiophene rings is 1. The van der Waals surface area contributed by atoms with Gasteiger partial charge in [-0.3, -0.25) is 4.79 Å². The first kappa shape index (κ1) is 14.3. The second-order valence-corrected chi connectivity index (χ2v) is 6.84. The molecule has 4 nitrogen and oxygen atoms in total. The molecule has 0 spiro atoms. The lowest BCUT2D eigenvalue weighted by molar-refractivity contribution is 0.112. The van der Waals surface area contributed by atoms with Gasteiger partial charge in [-0.1, -0.05) is 0 Å². The highest BCUT2D eigenvalue weighted by Gasteiger charge is 2.21. The average Bonchev–Trinajstić information content (AvgIpc) is 2.93. The molecule has 116 valence electrons. The van der Waals surface area contributed by atoms with Crippen molar-refractivity contribution >= 4 is 27.8 Å². The Bertz CT molecular complexity index is 884. The van der Waals surface area contributed by atoms with E-state index in [0.29, 0.717) is 17.2 Å². The molecular formula is C18H16N2O2S. The minimum Gasteiger partial charge on any atom is -0.438 e. The van der Waals surface area contributed by atoms with Gasteiger partial charge in [0.05, 0.1) is 5.39 Å². The van der Waals surface area contributed by atoms with E-state index in [0.717, 1.165) is 35.2 Å². The van der Waals surface area contributed by atoms with Gasteiger partial charge in [0.15, 0.2) is 0 Å². The number of hydrogen-bond acceptors (Lipinski definition) is 5. The Morgan fingerprint density at radius 3 is 2.70 bits per heavy atom. The fourth-order valence-corrected chi connectivity index (χ4v) is 4.32. The maximum Gasteiger partial charge on any atom is 0.231 e. The second kappa shape index (κ2) is 5.74. The maximum atomic E-state index is 10.8. The molecule has 0 fully saturated rings. The Morgan fingerprint density at radius 2 is 1.91 bits per heavy atom. The predicted molar refractivity (Wildman–Crippen MR) is 90.7 cm³/mol. The molecule has 0 bridgehead atoms. The van der Waals surface area contributed by atoms with Crippen molar-refractivity contribution in [2.24, 2.45) is 0 Å². The van der Waals surface area contributed by atoms with E-state index >= 15 is 0 Å². The first-order valence-electron chi connectivity index (χ1n) is 7.76. The van der Waals surface area contributed by atoms with E-state index in [1.165, 1.54) is 23.3 Å². The van der Waals surface area contributed by atoms with Crippen molar-refractivity contribution in [1.82, 2.24) is 9.97 Å². The first-order valence-corrected chi connectivity index (χ1v) is 8.58. The summed E-state index contributed by atoms with van der Waals surface area (Å²) in [4.78, 5) is 22.3. The summed E-state index contributed by atoms with van der Waals surface area (Å²) in [6.07, 6.45) is 5.48. The van der Waals surface area contributed by atoms with Crippen LogP contribution in [0, 0.1) is 6.92 Å². The Kier molecular flexibility index (Phi) is 3.58. The molecular weight excluding hydrogens is 308 g/mol. The fourth-order valence-electron chi connectivity index (χ4n) is 3.03. The molecule has 0 radical (unpaired) electrons. The van der Waals surface area contributed by atoms with Gasteiger partial charge in [0.25, 0.3) is 0 Å². The van der Waals surface area contributed by atoms with Gasteiger partial charge in [0.1, 0.15) is 22.7 Å². The fraction of sp³-hybridized carbons (Fsp3) is 0.278. The summed E-state index contributed by atoms with van der Waals surface area (Å²) in [6, 6.07) is 7.09. The first-order chi connectivity index (χ1) is 11.2. The zero-order valence-electron chi connectivity index (χ0n) is 12.8. The number of fused-ring (bicyclic) bond motifs is 3. The zero-order chi connectivity index (χ0) is 15.8. The van der Waals surface area contributed by atoms with Gasteiger partial charge in [-0.25, -0.2) is 4.98 Å². The molecule has 0 N–H and O–H groups in total. The predicted octanol–water partition coefficient (Wildman–Crippen LogP) is 4.48. The van der Waals surface area contributed by atoms with Gasteiger partial charge in [-0.05, 0) is 62.4 Å². The van der Waals surface area contributed by atoms with Crippen LogP contribution in [0.1, 0.15) is 39.5 Å². The second-order valence-electron chi connectivity index (χ2n) is 5.76. The molecule has 1 aliphatic rings. The number of aldehydes is 1. The van der Waals surface area contributed by atoms with E-state index in [-0.39, 0.29) is 0 Å². The third-order valence-electron chi connectivity index (χ3n) is 4.12. The number of aryl methyl sites for hydroxylation is 3. The van der Waals surface area contributed by atoms with Crippen molar-refractivity contribution in [3.8, 4) is 11.6 Å². The molecule has 2 aromatic heterocycles. The zero-order valence-corrected chi connectivity index (χ0v) is 13.7. The summed E-state index contributed by atoms with van der Waals surface area (Å²) in [7, 11) is 0. The van der Waals surface area contributed by atoms with Crippen molar-refractivity contribution in [2.45, 2.75) is 32.6 Å². The number of nitrogens with zero attached hydrogens (tertiary/aromatic N) is 2. The molecule has 0 saturated heterocycles. The van der Waals surface area contributed by atoms with Gasteiger partial charge in [-0.2, -0.15) is 4.98 Å². The Hall–Kier alpha value is -2.27. The third kappa shape index (κ3) is 2.61. The van der Waals surface area contributed by atoms with Gasteiger partial charge in [0.2, 0.25) is 5.88 Å². The van der Waals surface area contributed by atoms with Crippen LogP contribution in [0.4, 0.5) is 0 Å². The molecule has 1 aliphatic carbocycles. The quantitative estimate of drug-likeness (QED) is 0.666. The lowest BCUT2D eigenvalue weighted by Gasteiger charge is -2.12. The lowest BCUT2D eigenvalue weighted by Crippen LogP contribution is -2.00. The molecule has 2 heterocycles. The van der Waals surface area contributed by atoms with E-state index in [9.17, 15) is 4.79 Å². The van der Waals surface area contributed by atoms with Gasteiger partial charge in [-0.15, -0.1) is 11.3 Å². The molecule has 0 atom stereocenters. The number of aromatic nitrogens is 2. The van der Waals surface area contributed by atoms with Crippen LogP contribution in [-0.2, 0) is 12.8 Å². The van der Waals surface area contributed by atoms with Crippen LogP contribution in [0.2, 0.25) is 0 Å². The number of ether oxygens (including phenoxy) is 1. The molecule has 0 saturated carbocycles. The molecule has 4 rings (SSSR count). The highest BCUT2D eigenvalue weighted by molar-refractivity contribution is 7.18.